The average Bonchev–Trinajstić information content (AvgIpc) is 2.29. The molecule has 0 aromatic heterocycles. The monoisotopic (exact) mass is 219 g/mol. The van der Waals surface area contributed by atoms with Crippen molar-refractivity contribution in [2.75, 3.05) is 18.0 Å². The topological polar surface area (TPSA) is 23.5 Å². The molecular formula is C14H21NO. The second-order valence-electron chi connectivity index (χ2n) is 3.97. The van der Waals surface area contributed by atoms with E-state index in [-0.39, 0.29) is 0 Å². The Morgan fingerprint density at radius 2 is 2.12 bits per heavy atom. The zero-order chi connectivity index (χ0) is 12.0. The lowest BCUT2D eigenvalue weighted by atomic mass is 10.1. The average molecular weight is 219 g/mol. The molecule has 1 N–H and O–H groups in total. The van der Waals surface area contributed by atoms with Gasteiger partial charge in [0.1, 0.15) is 0 Å². The van der Waals surface area contributed by atoms with Gasteiger partial charge in [-0.05, 0) is 19.4 Å². The van der Waals surface area contributed by atoms with E-state index in [0.717, 1.165) is 30.8 Å². The Kier molecular flexibility index (Phi) is 5.06. The lowest BCUT2D eigenvalue weighted by molar-refractivity contribution is 0.199. The normalized spacial score (nSPS) is 12.2. The summed E-state index contributed by atoms with van der Waals surface area (Å²) in [5.41, 5.74) is 2.09. The Morgan fingerprint density at radius 1 is 1.44 bits per heavy atom. The molecule has 1 aromatic rings. The van der Waals surface area contributed by atoms with Crippen LogP contribution in [0.5, 0.6) is 0 Å². The SMILES string of the molecule is C=CCN(CCC)c1ccccc1[C@@H](C)O. The first-order chi connectivity index (χ1) is 7.70. The first-order valence-corrected chi connectivity index (χ1v) is 5.83. The standard InChI is InChI=1S/C14H21NO/c1-4-10-15(11-5-2)14-9-7-6-8-13(14)12(3)16/h4,6-9,12,16H,1,5,10-11H2,2-3H3/t12-/m1/s1. The summed E-state index contributed by atoms with van der Waals surface area (Å²) in [4.78, 5) is 2.25. The second kappa shape index (κ2) is 6.33. The molecule has 1 atom stereocenters. The van der Waals surface area contributed by atoms with Gasteiger partial charge in [0.25, 0.3) is 0 Å². The van der Waals surface area contributed by atoms with Crippen LogP contribution in [-0.2, 0) is 0 Å². The van der Waals surface area contributed by atoms with Crippen LogP contribution < -0.4 is 4.90 Å². The first-order valence-electron chi connectivity index (χ1n) is 5.83. The van der Waals surface area contributed by atoms with E-state index in [1.54, 1.807) is 6.92 Å². The zero-order valence-corrected chi connectivity index (χ0v) is 10.2. The predicted octanol–water partition coefficient (Wildman–Crippen LogP) is 3.14. The highest BCUT2D eigenvalue weighted by molar-refractivity contribution is 5.54. The highest BCUT2D eigenvalue weighted by Crippen LogP contribution is 2.26. The summed E-state index contributed by atoms with van der Waals surface area (Å²) >= 11 is 0. The molecule has 0 spiro atoms. The van der Waals surface area contributed by atoms with Crippen molar-refractivity contribution < 1.29 is 5.11 Å². The molecule has 0 radical (unpaired) electrons. The van der Waals surface area contributed by atoms with Crippen molar-refractivity contribution in [3.63, 3.8) is 0 Å². The van der Waals surface area contributed by atoms with Gasteiger partial charge in [-0.2, -0.15) is 0 Å². The van der Waals surface area contributed by atoms with Crippen LogP contribution in [0.3, 0.4) is 0 Å². The van der Waals surface area contributed by atoms with Gasteiger partial charge in [0.2, 0.25) is 0 Å². The van der Waals surface area contributed by atoms with Crippen molar-refractivity contribution in [2.24, 2.45) is 0 Å². The van der Waals surface area contributed by atoms with E-state index in [9.17, 15) is 5.11 Å². The highest BCUT2D eigenvalue weighted by atomic mass is 16.3. The van der Waals surface area contributed by atoms with Crippen molar-refractivity contribution in [3.8, 4) is 0 Å². The van der Waals surface area contributed by atoms with E-state index in [2.05, 4.69) is 24.5 Å². The molecule has 0 fully saturated rings. The van der Waals surface area contributed by atoms with E-state index in [4.69, 9.17) is 0 Å². The first kappa shape index (κ1) is 12.8. The summed E-state index contributed by atoms with van der Waals surface area (Å²) in [6.45, 7) is 9.53. The number of aliphatic hydroxyl groups excluding tert-OH is 1. The quantitative estimate of drug-likeness (QED) is 0.743. The summed E-state index contributed by atoms with van der Waals surface area (Å²) in [6, 6.07) is 8.00. The number of hydrogen-bond acceptors (Lipinski definition) is 2. The van der Waals surface area contributed by atoms with Crippen molar-refractivity contribution in [3.05, 3.63) is 42.5 Å². The fraction of sp³-hybridized carbons (Fsp3) is 0.429. The highest BCUT2D eigenvalue weighted by Gasteiger charge is 2.11. The molecule has 1 rings (SSSR count). The molecular weight excluding hydrogens is 198 g/mol. The van der Waals surface area contributed by atoms with Crippen molar-refractivity contribution >= 4 is 5.69 Å². The summed E-state index contributed by atoms with van der Waals surface area (Å²) in [5, 5.41) is 9.74. The van der Waals surface area contributed by atoms with E-state index >= 15 is 0 Å². The van der Waals surface area contributed by atoms with Gasteiger partial charge in [0.05, 0.1) is 6.10 Å². The molecule has 0 heterocycles. The van der Waals surface area contributed by atoms with Crippen LogP contribution in [-0.4, -0.2) is 18.2 Å². The van der Waals surface area contributed by atoms with E-state index in [1.165, 1.54) is 0 Å². The smallest absolute Gasteiger partial charge is 0.0781 e. The van der Waals surface area contributed by atoms with E-state index in [0.29, 0.717) is 0 Å². The van der Waals surface area contributed by atoms with Crippen LogP contribution >= 0.6 is 0 Å². The van der Waals surface area contributed by atoms with Gasteiger partial charge in [-0.1, -0.05) is 31.2 Å². The Labute approximate surface area is 98.2 Å². The number of hydrogen-bond donors (Lipinski definition) is 1. The van der Waals surface area contributed by atoms with Gasteiger partial charge >= 0.3 is 0 Å². The molecule has 16 heavy (non-hydrogen) atoms. The lowest BCUT2D eigenvalue weighted by Crippen LogP contribution is -2.25. The third-order valence-corrected chi connectivity index (χ3v) is 2.57. The molecule has 0 aliphatic rings. The number of para-hydroxylation sites is 1. The number of aliphatic hydroxyl groups is 1. The molecule has 0 amide bonds. The molecule has 0 bridgehead atoms. The van der Waals surface area contributed by atoms with Crippen LogP contribution in [0.25, 0.3) is 0 Å². The summed E-state index contributed by atoms with van der Waals surface area (Å²) in [6.07, 6.45) is 2.55. The van der Waals surface area contributed by atoms with Crippen molar-refractivity contribution in [2.45, 2.75) is 26.4 Å². The molecule has 0 aliphatic heterocycles. The summed E-state index contributed by atoms with van der Waals surface area (Å²) < 4.78 is 0. The summed E-state index contributed by atoms with van der Waals surface area (Å²) in [7, 11) is 0. The molecule has 2 nitrogen and oxygen atoms in total. The van der Waals surface area contributed by atoms with Crippen LogP contribution in [0.4, 0.5) is 5.69 Å². The molecule has 0 saturated heterocycles. The maximum atomic E-state index is 9.74. The molecule has 0 unspecified atom stereocenters. The second-order valence-corrected chi connectivity index (χ2v) is 3.97. The van der Waals surface area contributed by atoms with Gasteiger partial charge in [0, 0.05) is 24.3 Å². The van der Waals surface area contributed by atoms with Gasteiger partial charge in [-0.3, -0.25) is 0 Å². The Bertz CT molecular complexity index is 333. The minimum absolute atomic E-state index is 0.430. The van der Waals surface area contributed by atoms with E-state index < -0.39 is 6.10 Å². The van der Waals surface area contributed by atoms with Gasteiger partial charge in [0.15, 0.2) is 0 Å². The maximum absolute atomic E-state index is 9.74. The summed E-state index contributed by atoms with van der Waals surface area (Å²) in [5.74, 6) is 0. The lowest BCUT2D eigenvalue weighted by Gasteiger charge is -2.26. The third kappa shape index (κ3) is 3.11. The molecule has 0 saturated carbocycles. The minimum Gasteiger partial charge on any atom is -0.389 e. The molecule has 2 heteroatoms. The van der Waals surface area contributed by atoms with Crippen LogP contribution in [0.2, 0.25) is 0 Å². The van der Waals surface area contributed by atoms with Crippen molar-refractivity contribution in [1.29, 1.82) is 0 Å². The molecule has 1 aromatic carbocycles. The minimum atomic E-state index is -0.430. The van der Waals surface area contributed by atoms with Crippen molar-refractivity contribution in [1.82, 2.24) is 0 Å². The third-order valence-electron chi connectivity index (χ3n) is 2.57. The van der Waals surface area contributed by atoms with Crippen LogP contribution in [0.1, 0.15) is 31.9 Å². The van der Waals surface area contributed by atoms with Gasteiger partial charge in [-0.25, -0.2) is 0 Å². The van der Waals surface area contributed by atoms with E-state index in [1.807, 2.05) is 24.3 Å². The fourth-order valence-electron chi connectivity index (χ4n) is 1.86. The molecule has 88 valence electrons. The number of anilines is 1. The van der Waals surface area contributed by atoms with Gasteiger partial charge < -0.3 is 10.0 Å². The molecule has 0 aliphatic carbocycles. The Hall–Kier alpha value is -1.28. The Morgan fingerprint density at radius 3 is 2.69 bits per heavy atom. The number of benzene rings is 1. The zero-order valence-electron chi connectivity index (χ0n) is 10.2. The number of nitrogens with zero attached hydrogens (tertiary/aromatic N) is 1. The Balaban J connectivity index is 3.01. The predicted molar refractivity (Wildman–Crippen MR) is 69.8 cm³/mol. The maximum Gasteiger partial charge on any atom is 0.0781 e. The number of rotatable bonds is 6. The fourth-order valence-corrected chi connectivity index (χ4v) is 1.86. The van der Waals surface area contributed by atoms with Crippen LogP contribution in [0, 0.1) is 0 Å². The van der Waals surface area contributed by atoms with Gasteiger partial charge in [-0.15, -0.1) is 6.58 Å². The largest absolute Gasteiger partial charge is 0.389 e. The van der Waals surface area contributed by atoms with Crippen LogP contribution in [0.15, 0.2) is 36.9 Å².